The lowest BCUT2D eigenvalue weighted by Gasteiger charge is -2.41. The molecule has 0 radical (unpaired) electrons. The van der Waals surface area contributed by atoms with Crippen molar-refractivity contribution in [1.82, 2.24) is 0 Å². The Balaban J connectivity index is 1.75. The Bertz CT molecular complexity index is 418. The highest BCUT2D eigenvalue weighted by Gasteiger charge is 2.68. The van der Waals surface area contributed by atoms with Gasteiger partial charge in [-0.15, -0.1) is 0 Å². The van der Waals surface area contributed by atoms with E-state index in [0.717, 1.165) is 6.42 Å². The van der Waals surface area contributed by atoms with Crippen LogP contribution in [0.3, 0.4) is 0 Å². The fourth-order valence-electron chi connectivity index (χ4n) is 5.66. The summed E-state index contributed by atoms with van der Waals surface area (Å²) < 4.78 is 13.4. The predicted molar refractivity (Wildman–Crippen MR) is 60.0 cm³/mol. The van der Waals surface area contributed by atoms with Crippen molar-refractivity contribution in [2.75, 3.05) is 6.67 Å². The molecule has 0 amide bonds. The maximum Gasteiger partial charge on any atom is 0.312 e. The highest BCUT2D eigenvalue weighted by Crippen LogP contribution is 2.70. The number of fused-ring (bicyclic) bond motifs is 9. The van der Waals surface area contributed by atoms with Gasteiger partial charge in [-0.1, -0.05) is 12.2 Å². The average Bonchev–Trinajstić information content (AvgIpc) is 3.05. The van der Waals surface area contributed by atoms with E-state index >= 15 is 0 Å². The van der Waals surface area contributed by atoms with Crippen LogP contribution < -0.4 is 0 Å². The van der Waals surface area contributed by atoms with Gasteiger partial charge in [-0.05, 0) is 54.8 Å². The first kappa shape index (κ1) is 10.1. The van der Waals surface area contributed by atoms with E-state index in [0.29, 0.717) is 36.0 Å². The average molecular weight is 236 g/mol. The highest BCUT2D eigenvalue weighted by molar-refractivity contribution is 5.76. The number of carbonyl (C=O) groups is 1. The summed E-state index contributed by atoms with van der Waals surface area (Å²) in [6.07, 6.45) is 7.33. The standard InChI is InChI=1S/C14H17FO2/c15-6-14(13(16)17)5-9-4-10(14)12-8-2-1-7(3-8)11(9)12/h1-2,7-12H,3-6H2,(H,16,17). The van der Waals surface area contributed by atoms with Crippen molar-refractivity contribution in [2.45, 2.75) is 19.3 Å². The van der Waals surface area contributed by atoms with Crippen LogP contribution >= 0.6 is 0 Å². The van der Waals surface area contributed by atoms with Gasteiger partial charge in [0.15, 0.2) is 0 Å². The predicted octanol–water partition coefficient (Wildman–Crippen LogP) is 2.51. The smallest absolute Gasteiger partial charge is 0.312 e. The lowest BCUT2D eigenvalue weighted by Crippen LogP contribution is -2.45. The Kier molecular flexibility index (Phi) is 1.74. The van der Waals surface area contributed by atoms with Crippen LogP contribution in [0.5, 0.6) is 0 Å². The van der Waals surface area contributed by atoms with Crippen LogP contribution in [0.25, 0.3) is 0 Å². The summed E-state index contributed by atoms with van der Waals surface area (Å²) in [5.74, 6) is 2.04. The van der Waals surface area contributed by atoms with Gasteiger partial charge in [0.05, 0.1) is 5.41 Å². The third-order valence-electron chi connectivity index (χ3n) is 6.15. The number of hydrogen-bond acceptors (Lipinski definition) is 1. The normalized spacial score (nSPS) is 57.7. The number of rotatable bonds is 2. The second-order valence-electron chi connectivity index (χ2n) is 6.50. The molecule has 3 saturated carbocycles. The number of aliphatic carboxylic acids is 1. The molecular formula is C14H17FO2. The summed E-state index contributed by atoms with van der Waals surface area (Å²) in [6, 6.07) is 0. The van der Waals surface area contributed by atoms with Crippen LogP contribution in [0.4, 0.5) is 4.39 Å². The van der Waals surface area contributed by atoms with Crippen molar-refractivity contribution in [3.05, 3.63) is 12.2 Å². The number of carboxylic acids is 1. The Morgan fingerprint density at radius 2 is 2.00 bits per heavy atom. The summed E-state index contributed by atoms with van der Waals surface area (Å²) in [6.45, 7) is -0.673. The van der Waals surface area contributed by atoms with E-state index in [1.807, 2.05) is 0 Å². The van der Waals surface area contributed by atoms with Gasteiger partial charge in [0.1, 0.15) is 6.67 Å². The second kappa shape index (κ2) is 2.93. The van der Waals surface area contributed by atoms with Crippen molar-refractivity contribution in [3.63, 3.8) is 0 Å². The molecule has 7 atom stereocenters. The highest BCUT2D eigenvalue weighted by atomic mass is 19.1. The van der Waals surface area contributed by atoms with Gasteiger partial charge in [-0.3, -0.25) is 4.79 Å². The minimum absolute atomic E-state index is 0.0972. The summed E-state index contributed by atoms with van der Waals surface area (Å²) >= 11 is 0. The molecule has 92 valence electrons. The lowest BCUT2D eigenvalue weighted by atomic mass is 9.62. The van der Waals surface area contributed by atoms with Crippen molar-refractivity contribution in [1.29, 1.82) is 0 Å². The van der Waals surface area contributed by atoms with Crippen molar-refractivity contribution in [2.24, 2.45) is 40.9 Å². The zero-order valence-corrected chi connectivity index (χ0v) is 9.68. The fourth-order valence-corrected chi connectivity index (χ4v) is 5.66. The van der Waals surface area contributed by atoms with Gasteiger partial charge >= 0.3 is 5.97 Å². The number of halogens is 1. The molecule has 1 N–H and O–H groups in total. The van der Waals surface area contributed by atoms with Crippen molar-refractivity contribution >= 4 is 5.97 Å². The molecule has 0 saturated heterocycles. The summed E-state index contributed by atoms with van der Waals surface area (Å²) in [4.78, 5) is 11.5. The Morgan fingerprint density at radius 3 is 2.65 bits per heavy atom. The molecule has 4 rings (SSSR count). The Hall–Kier alpha value is -0.860. The third kappa shape index (κ3) is 0.962. The molecule has 4 bridgehead atoms. The molecule has 0 aromatic heterocycles. The van der Waals surface area contributed by atoms with E-state index in [1.54, 1.807) is 0 Å². The molecule has 7 unspecified atom stereocenters. The first-order valence-electron chi connectivity index (χ1n) is 6.65. The maximum atomic E-state index is 13.4. The number of alkyl halides is 1. The van der Waals surface area contributed by atoms with E-state index in [1.165, 1.54) is 6.42 Å². The zero-order chi connectivity index (χ0) is 11.8. The van der Waals surface area contributed by atoms with E-state index < -0.39 is 18.1 Å². The van der Waals surface area contributed by atoms with Crippen LogP contribution in [0, 0.1) is 40.9 Å². The molecule has 0 heterocycles. The molecule has 0 aromatic carbocycles. The SMILES string of the molecule is O=C(O)C1(CF)CC2CC1C1C3C=CC(C3)C21. The van der Waals surface area contributed by atoms with Gasteiger partial charge < -0.3 is 5.11 Å². The summed E-state index contributed by atoms with van der Waals surface area (Å²) in [5.41, 5.74) is -1.04. The van der Waals surface area contributed by atoms with E-state index in [-0.39, 0.29) is 5.92 Å². The molecule has 0 aromatic rings. The maximum absolute atomic E-state index is 13.4. The fraction of sp³-hybridized carbons (Fsp3) is 0.786. The topological polar surface area (TPSA) is 37.3 Å². The van der Waals surface area contributed by atoms with Crippen LogP contribution in [0.15, 0.2) is 12.2 Å². The van der Waals surface area contributed by atoms with Crippen LogP contribution in [0.2, 0.25) is 0 Å². The van der Waals surface area contributed by atoms with Crippen LogP contribution in [-0.4, -0.2) is 17.8 Å². The monoisotopic (exact) mass is 236 g/mol. The van der Waals surface area contributed by atoms with E-state index in [9.17, 15) is 14.3 Å². The minimum atomic E-state index is -1.04. The van der Waals surface area contributed by atoms with Crippen molar-refractivity contribution < 1.29 is 14.3 Å². The summed E-state index contributed by atoms with van der Waals surface area (Å²) in [7, 11) is 0. The van der Waals surface area contributed by atoms with Gasteiger partial charge in [-0.2, -0.15) is 0 Å². The number of hydrogen-bond donors (Lipinski definition) is 1. The van der Waals surface area contributed by atoms with Gasteiger partial charge in [0, 0.05) is 0 Å². The summed E-state index contributed by atoms with van der Waals surface area (Å²) in [5, 5.41) is 9.42. The molecular weight excluding hydrogens is 219 g/mol. The molecule has 2 nitrogen and oxygen atoms in total. The number of carboxylic acid groups (broad SMARTS) is 1. The Morgan fingerprint density at radius 1 is 1.29 bits per heavy atom. The molecule has 4 aliphatic carbocycles. The van der Waals surface area contributed by atoms with Crippen LogP contribution in [0.1, 0.15) is 19.3 Å². The van der Waals surface area contributed by atoms with E-state index in [2.05, 4.69) is 12.2 Å². The number of allylic oxidation sites excluding steroid dienone is 2. The molecule has 3 fully saturated rings. The van der Waals surface area contributed by atoms with Gasteiger partial charge in [0.2, 0.25) is 0 Å². The van der Waals surface area contributed by atoms with E-state index in [4.69, 9.17) is 0 Å². The third-order valence-corrected chi connectivity index (χ3v) is 6.15. The molecule has 17 heavy (non-hydrogen) atoms. The molecule has 0 aliphatic heterocycles. The van der Waals surface area contributed by atoms with Crippen LogP contribution in [-0.2, 0) is 4.79 Å². The van der Waals surface area contributed by atoms with Gasteiger partial charge in [0.25, 0.3) is 0 Å². The molecule has 4 aliphatic rings. The largest absolute Gasteiger partial charge is 0.481 e. The van der Waals surface area contributed by atoms with Gasteiger partial charge in [-0.25, -0.2) is 4.39 Å². The Labute approximate surface area is 99.9 Å². The minimum Gasteiger partial charge on any atom is -0.481 e. The zero-order valence-electron chi connectivity index (χ0n) is 9.68. The van der Waals surface area contributed by atoms with Crippen molar-refractivity contribution in [3.8, 4) is 0 Å². The quantitative estimate of drug-likeness (QED) is 0.591. The lowest BCUT2D eigenvalue weighted by molar-refractivity contribution is -0.156. The molecule has 0 spiro atoms. The second-order valence-corrected chi connectivity index (χ2v) is 6.50. The molecule has 3 heteroatoms. The first-order valence-corrected chi connectivity index (χ1v) is 6.65. The first-order chi connectivity index (χ1) is 8.17.